The van der Waals surface area contributed by atoms with Gasteiger partial charge in [-0.3, -0.25) is 0 Å². The molecule has 0 fully saturated rings. The first-order chi connectivity index (χ1) is 10.5. The second-order valence-electron chi connectivity index (χ2n) is 4.60. The molecule has 4 nitrogen and oxygen atoms in total. The molecule has 22 heavy (non-hydrogen) atoms. The van der Waals surface area contributed by atoms with Crippen LogP contribution in [0, 0.1) is 0 Å². The van der Waals surface area contributed by atoms with Gasteiger partial charge >= 0.3 is 6.18 Å². The van der Waals surface area contributed by atoms with E-state index in [-0.39, 0.29) is 11.3 Å². The molecule has 0 saturated carbocycles. The largest absolute Gasteiger partial charge is 0.416 e. The van der Waals surface area contributed by atoms with E-state index in [1.165, 1.54) is 23.9 Å². The predicted molar refractivity (Wildman–Crippen MR) is 77.5 cm³/mol. The summed E-state index contributed by atoms with van der Waals surface area (Å²) in [6.45, 7) is 1.28. The highest BCUT2D eigenvalue weighted by molar-refractivity contribution is 7.98. The van der Waals surface area contributed by atoms with Gasteiger partial charge in [0.15, 0.2) is 5.16 Å². The van der Waals surface area contributed by atoms with Crippen molar-refractivity contribution in [3.63, 3.8) is 0 Å². The van der Waals surface area contributed by atoms with E-state index in [1.807, 2.05) is 4.57 Å². The number of benzene rings is 1. The summed E-state index contributed by atoms with van der Waals surface area (Å²) in [5, 5.41) is 8.37. The van der Waals surface area contributed by atoms with Crippen LogP contribution in [-0.2, 0) is 23.2 Å². The summed E-state index contributed by atoms with van der Waals surface area (Å²) in [4.78, 5) is 0. The lowest BCUT2D eigenvalue weighted by Gasteiger charge is -2.12. The molecule has 0 aliphatic rings. The third kappa shape index (κ3) is 4.48. The maximum atomic E-state index is 12.9. The van der Waals surface area contributed by atoms with Gasteiger partial charge in [-0.1, -0.05) is 30.0 Å². The number of hydrogen-bond donors (Lipinski definition) is 0. The van der Waals surface area contributed by atoms with Crippen molar-refractivity contribution in [2.24, 2.45) is 0 Å². The molecule has 0 saturated heterocycles. The van der Waals surface area contributed by atoms with Gasteiger partial charge in [0.05, 0.1) is 5.56 Å². The Bertz CT molecular complexity index is 601. The number of halogens is 3. The van der Waals surface area contributed by atoms with E-state index >= 15 is 0 Å². The molecule has 1 heterocycles. The summed E-state index contributed by atoms with van der Waals surface area (Å²) in [5.74, 6) is 0.193. The molecule has 0 unspecified atom stereocenters. The number of aryl methyl sites for hydroxylation is 1. The Kier molecular flexibility index (Phi) is 5.84. The number of hydrogen-bond acceptors (Lipinski definition) is 4. The monoisotopic (exact) mass is 331 g/mol. The highest BCUT2D eigenvalue weighted by atomic mass is 32.2. The van der Waals surface area contributed by atoms with Crippen molar-refractivity contribution in [3.8, 4) is 0 Å². The lowest BCUT2D eigenvalue weighted by atomic mass is 10.1. The number of methoxy groups -OCH3 is 1. The molecule has 0 aliphatic carbocycles. The van der Waals surface area contributed by atoms with Gasteiger partial charge in [-0.15, -0.1) is 10.2 Å². The summed E-state index contributed by atoms with van der Waals surface area (Å²) >= 11 is 1.24. The van der Waals surface area contributed by atoms with Crippen LogP contribution in [0.25, 0.3) is 0 Å². The lowest BCUT2D eigenvalue weighted by Crippen LogP contribution is -2.08. The Morgan fingerprint density at radius 1 is 1.27 bits per heavy atom. The number of ether oxygens (including phenoxy) is 1. The lowest BCUT2D eigenvalue weighted by molar-refractivity contribution is -0.138. The molecule has 0 radical (unpaired) electrons. The average Bonchev–Trinajstić information content (AvgIpc) is 2.92. The Balaban J connectivity index is 2.04. The van der Waals surface area contributed by atoms with Gasteiger partial charge in [0.1, 0.15) is 6.33 Å². The molecule has 1 aromatic carbocycles. The minimum Gasteiger partial charge on any atom is -0.385 e. The van der Waals surface area contributed by atoms with E-state index in [2.05, 4.69) is 10.2 Å². The smallest absolute Gasteiger partial charge is 0.385 e. The van der Waals surface area contributed by atoms with Crippen molar-refractivity contribution >= 4 is 11.8 Å². The van der Waals surface area contributed by atoms with Gasteiger partial charge in [-0.2, -0.15) is 13.2 Å². The molecule has 0 spiro atoms. The minimum absolute atomic E-state index is 0.193. The van der Waals surface area contributed by atoms with Crippen molar-refractivity contribution in [2.45, 2.75) is 30.1 Å². The van der Waals surface area contributed by atoms with Gasteiger partial charge in [0.25, 0.3) is 0 Å². The minimum atomic E-state index is -4.34. The predicted octanol–water partition coefficient (Wildman–Crippen LogP) is 3.63. The van der Waals surface area contributed by atoms with Crippen LogP contribution in [-0.4, -0.2) is 28.5 Å². The summed E-state index contributed by atoms with van der Waals surface area (Å²) in [5.41, 5.74) is -0.362. The Morgan fingerprint density at radius 2 is 2.05 bits per heavy atom. The highest BCUT2D eigenvalue weighted by Crippen LogP contribution is 2.34. The molecular formula is C14H16F3N3OS. The van der Waals surface area contributed by atoms with Crippen molar-refractivity contribution < 1.29 is 17.9 Å². The van der Waals surface area contributed by atoms with E-state index in [1.54, 1.807) is 19.5 Å². The summed E-state index contributed by atoms with van der Waals surface area (Å²) in [6, 6.07) is 5.58. The molecule has 0 amide bonds. The van der Waals surface area contributed by atoms with Gasteiger partial charge in [-0.05, 0) is 18.1 Å². The van der Waals surface area contributed by atoms with Crippen LogP contribution < -0.4 is 0 Å². The van der Waals surface area contributed by atoms with Gasteiger partial charge in [0.2, 0.25) is 0 Å². The number of aromatic nitrogens is 3. The summed E-state index contributed by atoms with van der Waals surface area (Å²) < 4.78 is 45.6. The normalized spacial score (nSPS) is 11.8. The topological polar surface area (TPSA) is 39.9 Å². The van der Waals surface area contributed by atoms with Crippen molar-refractivity contribution in [3.05, 3.63) is 41.7 Å². The third-order valence-corrected chi connectivity index (χ3v) is 4.04. The standard InChI is InChI=1S/C14H16F3N3OS/c1-21-8-4-7-20-10-18-19-13(20)22-9-11-5-2-3-6-12(11)14(15,16)17/h2-3,5-6,10H,4,7-9H2,1H3. The Morgan fingerprint density at radius 3 is 2.77 bits per heavy atom. The van der Waals surface area contributed by atoms with Crippen molar-refractivity contribution in [2.75, 3.05) is 13.7 Å². The molecule has 0 aliphatic heterocycles. The third-order valence-electron chi connectivity index (χ3n) is 3.01. The maximum absolute atomic E-state index is 12.9. The first kappa shape index (κ1) is 16.8. The first-order valence-electron chi connectivity index (χ1n) is 6.67. The Labute approximate surface area is 130 Å². The van der Waals surface area contributed by atoms with Crippen LogP contribution in [0.4, 0.5) is 13.2 Å². The number of alkyl halides is 3. The fraction of sp³-hybridized carbons (Fsp3) is 0.429. The van der Waals surface area contributed by atoms with E-state index in [9.17, 15) is 13.2 Å². The molecule has 2 aromatic rings. The van der Waals surface area contributed by atoms with Gasteiger partial charge in [0, 0.05) is 26.0 Å². The van der Waals surface area contributed by atoms with E-state index in [4.69, 9.17) is 4.74 Å². The Hall–Kier alpha value is -1.54. The van der Waals surface area contributed by atoms with Crippen LogP contribution in [0.15, 0.2) is 35.7 Å². The molecular weight excluding hydrogens is 315 g/mol. The zero-order chi connectivity index (χ0) is 16.0. The fourth-order valence-corrected chi connectivity index (χ4v) is 2.90. The van der Waals surface area contributed by atoms with Crippen molar-refractivity contribution in [1.29, 1.82) is 0 Å². The maximum Gasteiger partial charge on any atom is 0.416 e. The van der Waals surface area contributed by atoms with E-state index in [0.29, 0.717) is 18.3 Å². The number of nitrogens with zero attached hydrogens (tertiary/aromatic N) is 3. The average molecular weight is 331 g/mol. The van der Waals surface area contributed by atoms with Gasteiger partial charge in [-0.25, -0.2) is 0 Å². The second-order valence-corrected chi connectivity index (χ2v) is 5.54. The molecule has 0 atom stereocenters. The van der Waals surface area contributed by atoms with Crippen LogP contribution in [0.1, 0.15) is 17.5 Å². The molecule has 1 aromatic heterocycles. The number of rotatable bonds is 7. The van der Waals surface area contributed by atoms with E-state index < -0.39 is 11.7 Å². The molecule has 0 N–H and O–H groups in total. The van der Waals surface area contributed by atoms with Crippen LogP contribution in [0.3, 0.4) is 0 Å². The SMILES string of the molecule is COCCCn1cnnc1SCc1ccccc1C(F)(F)F. The number of thioether (sulfide) groups is 1. The highest BCUT2D eigenvalue weighted by Gasteiger charge is 2.32. The zero-order valence-electron chi connectivity index (χ0n) is 12.0. The first-order valence-corrected chi connectivity index (χ1v) is 7.65. The van der Waals surface area contributed by atoms with E-state index in [0.717, 1.165) is 12.5 Å². The quantitative estimate of drug-likeness (QED) is 0.574. The van der Waals surface area contributed by atoms with Crippen LogP contribution in [0.2, 0.25) is 0 Å². The molecule has 8 heteroatoms. The zero-order valence-corrected chi connectivity index (χ0v) is 12.8. The second kappa shape index (κ2) is 7.64. The molecule has 0 bridgehead atoms. The fourth-order valence-electron chi connectivity index (χ4n) is 1.95. The molecule has 120 valence electrons. The summed E-state index contributed by atoms with van der Waals surface area (Å²) in [7, 11) is 1.62. The van der Waals surface area contributed by atoms with Crippen LogP contribution in [0.5, 0.6) is 0 Å². The van der Waals surface area contributed by atoms with Gasteiger partial charge < -0.3 is 9.30 Å². The summed E-state index contributed by atoms with van der Waals surface area (Å²) in [6.07, 6.45) is -1.97. The molecule has 2 rings (SSSR count). The van der Waals surface area contributed by atoms with Crippen molar-refractivity contribution in [1.82, 2.24) is 14.8 Å². The van der Waals surface area contributed by atoms with Crippen LogP contribution >= 0.6 is 11.8 Å².